The van der Waals surface area contributed by atoms with E-state index in [-0.39, 0.29) is 0 Å². The molecule has 0 aliphatic carbocycles. The number of rotatable bonds is 3. The van der Waals surface area contributed by atoms with Gasteiger partial charge in [-0.15, -0.1) is 11.3 Å². The Bertz CT molecular complexity index is 422. The van der Waals surface area contributed by atoms with E-state index in [1.54, 1.807) is 17.5 Å². The van der Waals surface area contributed by atoms with Crippen molar-refractivity contribution in [1.29, 1.82) is 0 Å². The molecule has 14 heavy (non-hydrogen) atoms. The van der Waals surface area contributed by atoms with Gasteiger partial charge in [-0.3, -0.25) is 0 Å². The summed E-state index contributed by atoms with van der Waals surface area (Å²) in [6, 6.07) is 0. The maximum absolute atomic E-state index is 4.23. The lowest BCUT2D eigenvalue weighted by molar-refractivity contribution is 0.812. The lowest BCUT2D eigenvalue weighted by Crippen LogP contribution is -2.05. The number of nitrogens with zero attached hydrogens (tertiary/aromatic N) is 3. The Labute approximate surface area is 94.1 Å². The number of anilines is 1. The molecule has 1 N–H and O–H groups in total. The summed E-state index contributed by atoms with van der Waals surface area (Å²) in [7, 11) is 1.97. The van der Waals surface area contributed by atoms with E-state index < -0.39 is 0 Å². The van der Waals surface area contributed by atoms with Crippen LogP contribution in [0, 0.1) is 0 Å². The highest BCUT2D eigenvalue weighted by molar-refractivity contribution is 9.10. The molecule has 0 fully saturated rings. The number of imidazole rings is 1. The van der Waals surface area contributed by atoms with Gasteiger partial charge >= 0.3 is 0 Å². The van der Waals surface area contributed by atoms with Crippen molar-refractivity contribution < 1.29 is 0 Å². The molecule has 0 bridgehead atoms. The van der Waals surface area contributed by atoms with Crippen LogP contribution in [-0.4, -0.2) is 14.5 Å². The van der Waals surface area contributed by atoms with Crippen molar-refractivity contribution in [2.75, 3.05) is 5.32 Å². The van der Waals surface area contributed by atoms with Gasteiger partial charge < -0.3 is 9.88 Å². The first-order chi connectivity index (χ1) is 6.75. The molecule has 2 heterocycles. The third kappa shape index (κ3) is 2.13. The predicted molar refractivity (Wildman–Crippen MR) is 60.3 cm³/mol. The van der Waals surface area contributed by atoms with E-state index in [0.717, 1.165) is 15.6 Å². The highest BCUT2D eigenvalue weighted by atomic mass is 79.9. The van der Waals surface area contributed by atoms with Crippen LogP contribution in [0.5, 0.6) is 0 Å². The van der Waals surface area contributed by atoms with Crippen molar-refractivity contribution in [2.45, 2.75) is 6.54 Å². The molecule has 0 atom stereocenters. The Morgan fingerprint density at radius 2 is 2.50 bits per heavy atom. The summed E-state index contributed by atoms with van der Waals surface area (Å²) in [5.41, 5.74) is 0. The van der Waals surface area contributed by atoms with Crippen molar-refractivity contribution >= 4 is 32.4 Å². The molecule has 4 nitrogen and oxygen atoms in total. The minimum atomic E-state index is 0.698. The van der Waals surface area contributed by atoms with Gasteiger partial charge in [-0.1, -0.05) is 0 Å². The molecular weight excluding hydrogens is 264 g/mol. The molecule has 0 aromatic carbocycles. The number of aromatic nitrogens is 3. The fourth-order valence-electron chi connectivity index (χ4n) is 1.06. The summed E-state index contributed by atoms with van der Waals surface area (Å²) in [6.45, 7) is 0.698. The van der Waals surface area contributed by atoms with Crippen LogP contribution < -0.4 is 5.32 Å². The molecule has 74 valence electrons. The van der Waals surface area contributed by atoms with Crippen molar-refractivity contribution in [2.24, 2.45) is 7.05 Å². The zero-order valence-corrected chi connectivity index (χ0v) is 9.97. The van der Waals surface area contributed by atoms with Crippen molar-refractivity contribution in [1.82, 2.24) is 14.5 Å². The van der Waals surface area contributed by atoms with Gasteiger partial charge in [-0.25, -0.2) is 9.97 Å². The molecule has 0 saturated heterocycles. The fourth-order valence-corrected chi connectivity index (χ4v) is 2.20. The first-order valence-electron chi connectivity index (χ1n) is 4.07. The Morgan fingerprint density at radius 1 is 1.64 bits per heavy atom. The molecule has 0 aliphatic rings. The van der Waals surface area contributed by atoms with Crippen molar-refractivity contribution in [3.05, 3.63) is 28.2 Å². The molecule has 0 aliphatic heterocycles. The molecule has 0 spiro atoms. The molecule has 2 aromatic rings. The second kappa shape index (κ2) is 4.10. The summed E-state index contributed by atoms with van der Waals surface area (Å²) in [4.78, 5) is 8.43. The van der Waals surface area contributed by atoms with Crippen LogP contribution in [0.4, 0.5) is 5.13 Å². The van der Waals surface area contributed by atoms with E-state index >= 15 is 0 Å². The van der Waals surface area contributed by atoms with Gasteiger partial charge in [-0.05, 0) is 15.9 Å². The van der Waals surface area contributed by atoms with Crippen LogP contribution in [0.2, 0.25) is 0 Å². The third-order valence-corrected chi connectivity index (χ3v) is 3.30. The van der Waals surface area contributed by atoms with Gasteiger partial charge in [0, 0.05) is 24.8 Å². The summed E-state index contributed by atoms with van der Waals surface area (Å²) >= 11 is 4.87. The van der Waals surface area contributed by atoms with Crippen molar-refractivity contribution in [3.8, 4) is 0 Å². The first kappa shape index (κ1) is 9.67. The van der Waals surface area contributed by atoms with E-state index in [1.807, 2.05) is 23.2 Å². The monoisotopic (exact) mass is 272 g/mol. The number of hydrogen-bond donors (Lipinski definition) is 1. The summed E-state index contributed by atoms with van der Waals surface area (Å²) in [5.74, 6) is 0.997. The van der Waals surface area contributed by atoms with Crippen LogP contribution >= 0.6 is 27.3 Å². The number of nitrogens with one attached hydrogen (secondary N) is 1. The summed E-state index contributed by atoms with van der Waals surface area (Å²) in [5, 5.41) is 6.05. The topological polar surface area (TPSA) is 42.7 Å². The largest absolute Gasteiger partial charge is 0.354 e. The normalized spacial score (nSPS) is 10.4. The van der Waals surface area contributed by atoms with E-state index in [2.05, 4.69) is 31.2 Å². The molecule has 0 saturated carbocycles. The molecule has 0 radical (unpaired) electrons. The lowest BCUT2D eigenvalue weighted by Gasteiger charge is -2.01. The van der Waals surface area contributed by atoms with Gasteiger partial charge in [0.25, 0.3) is 0 Å². The maximum atomic E-state index is 4.23. The van der Waals surface area contributed by atoms with Crippen LogP contribution in [0.15, 0.2) is 22.4 Å². The fraction of sp³-hybridized carbons (Fsp3) is 0.250. The minimum absolute atomic E-state index is 0.698. The maximum Gasteiger partial charge on any atom is 0.184 e. The molecule has 2 rings (SSSR count). The molecule has 0 amide bonds. The third-order valence-electron chi connectivity index (χ3n) is 1.79. The Hall–Kier alpha value is -0.880. The summed E-state index contributed by atoms with van der Waals surface area (Å²) < 4.78 is 2.85. The van der Waals surface area contributed by atoms with E-state index in [1.165, 1.54) is 0 Å². The highest BCUT2D eigenvalue weighted by Crippen LogP contribution is 2.19. The molecule has 0 unspecified atom stereocenters. The predicted octanol–water partition coefficient (Wildman–Crippen LogP) is 2.25. The highest BCUT2D eigenvalue weighted by Gasteiger charge is 2.01. The second-order valence-electron chi connectivity index (χ2n) is 2.78. The first-order valence-corrected chi connectivity index (χ1v) is 5.74. The van der Waals surface area contributed by atoms with E-state index in [9.17, 15) is 0 Å². The van der Waals surface area contributed by atoms with E-state index in [4.69, 9.17) is 0 Å². The number of aryl methyl sites for hydroxylation is 1. The second-order valence-corrected chi connectivity index (χ2v) is 4.45. The van der Waals surface area contributed by atoms with Gasteiger partial charge in [0.1, 0.15) is 10.4 Å². The van der Waals surface area contributed by atoms with Crippen molar-refractivity contribution in [3.63, 3.8) is 0 Å². The standard InChI is InChI=1S/C8H9BrN4S/c1-13-3-2-10-7(13)4-11-8-12-6(9)5-14-8/h2-3,5H,4H2,1H3,(H,11,12). The minimum Gasteiger partial charge on any atom is -0.354 e. The lowest BCUT2D eigenvalue weighted by atomic mass is 10.6. The van der Waals surface area contributed by atoms with Gasteiger partial charge in [-0.2, -0.15) is 0 Å². The Balaban J connectivity index is 1.98. The van der Waals surface area contributed by atoms with Crippen LogP contribution in [0.25, 0.3) is 0 Å². The number of halogens is 1. The number of hydrogen-bond acceptors (Lipinski definition) is 4. The average Bonchev–Trinajstić information content (AvgIpc) is 2.72. The van der Waals surface area contributed by atoms with Gasteiger partial charge in [0.15, 0.2) is 5.13 Å². The molecular formula is C8H9BrN4S. The van der Waals surface area contributed by atoms with E-state index in [0.29, 0.717) is 6.54 Å². The number of thiazole rings is 1. The van der Waals surface area contributed by atoms with Crippen LogP contribution in [0.1, 0.15) is 5.82 Å². The van der Waals surface area contributed by atoms with Gasteiger partial charge in [0.2, 0.25) is 0 Å². The van der Waals surface area contributed by atoms with Crippen LogP contribution in [-0.2, 0) is 13.6 Å². The zero-order valence-electron chi connectivity index (χ0n) is 7.57. The van der Waals surface area contributed by atoms with Crippen LogP contribution in [0.3, 0.4) is 0 Å². The summed E-state index contributed by atoms with van der Waals surface area (Å²) in [6.07, 6.45) is 3.71. The average molecular weight is 273 g/mol. The quantitative estimate of drug-likeness (QED) is 0.932. The van der Waals surface area contributed by atoms with Gasteiger partial charge in [0.05, 0.1) is 6.54 Å². The Morgan fingerprint density at radius 3 is 3.07 bits per heavy atom. The molecule has 2 aromatic heterocycles. The smallest absolute Gasteiger partial charge is 0.184 e. The zero-order chi connectivity index (χ0) is 9.97. The Kier molecular flexibility index (Phi) is 2.83. The molecule has 6 heteroatoms. The SMILES string of the molecule is Cn1ccnc1CNc1nc(Br)cs1.